The Labute approximate surface area is 194 Å². The number of ether oxygens (including phenoxy) is 2. The van der Waals surface area contributed by atoms with Crippen LogP contribution in [0.3, 0.4) is 0 Å². The van der Waals surface area contributed by atoms with E-state index in [1.54, 1.807) is 35.2 Å². The van der Waals surface area contributed by atoms with E-state index in [1.165, 1.54) is 23.9 Å². The first-order chi connectivity index (χ1) is 14.8. The Morgan fingerprint density at radius 3 is 2.52 bits per heavy atom. The standard InChI is InChI=1S/C21H19ClN2O5S2/c1-3-23-20(25)18(31-21(23)30)11-14-9-16(22)19(17(10-14)28-4-2)29-12-13-5-7-15(8-6-13)24(26)27/h5-11H,3-4,12H2,1-2H3/b18-11-. The number of thioether (sulfide) groups is 1. The number of likely N-dealkylation sites (N-methyl/N-ethyl adjacent to an activating group) is 1. The molecule has 1 aliphatic heterocycles. The van der Waals surface area contributed by atoms with E-state index in [0.29, 0.717) is 44.5 Å². The Morgan fingerprint density at radius 1 is 1.23 bits per heavy atom. The average Bonchev–Trinajstić information content (AvgIpc) is 3.00. The van der Waals surface area contributed by atoms with E-state index >= 15 is 0 Å². The summed E-state index contributed by atoms with van der Waals surface area (Å²) in [6.07, 6.45) is 1.73. The van der Waals surface area contributed by atoms with Crippen LogP contribution in [-0.2, 0) is 11.4 Å². The van der Waals surface area contributed by atoms with Crippen LogP contribution in [0.5, 0.6) is 11.5 Å². The van der Waals surface area contributed by atoms with Crippen molar-refractivity contribution in [2.24, 2.45) is 0 Å². The van der Waals surface area contributed by atoms with Gasteiger partial charge in [0.15, 0.2) is 11.5 Å². The third kappa shape index (κ3) is 5.36. The van der Waals surface area contributed by atoms with Gasteiger partial charge >= 0.3 is 0 Å². The van der Waals surface area contributed by atoms with Crippen LogP contribution in [0.15, 0.2) is 41.3 Å². The molecule has 0 spiro atoms. The molecule has 3 rings (SSSR count). The van der Waals surface area contributed by atoms with Crippen LogP contribution in [0.25, 0.3) is 6.08 Å². The Hall–Kier alpha value is -2.62. The highest BCUT2D eigenvalue weighted by atomic mass is 35.5. The molecule has 1 heterocycles. The molecule has 0 N–H and O–H groups in total. The maximum atomic E-state index is 12.5. The fourth-order valence-corrected chi connectivity index (χ4v) is 4.53. The summed E-state index contributed by atoms with van der Waals surface area (Å²) >= 11 is 13.0. The number of benzene rings is 2. The summed E-state index contributed by atoms with van der Waals surface area (Å²) in [5.74, 6) is 0.666. The average molecular weight is 479 g/mol. The fraction of sp³-hybridized carbons (Fsp3) is 0.238. The first-order valence-corrected chi connectivity index (χ1v) is 11.0. The van der Waals surface area contributed by atoms with E-state index in [-0.39, 0.29) is 18.2 Å². The number of thiocarbonyl (C=S) groups is 1. The van der Waals surface area contributed by atoms with Gasteiger partial charge in [0.2, 0.25) is 0 Å². The number of hydrogen-bond acceptors (Lipinski definition) is 7. The van der Waals surface area contributed by atoms with Crippen LogP contribution in [0, 0.1) is 10.1 Å². The van der Waals surface area contributed by atoms with Crippen LogP contribution in [-0.4, -0.2) is 33.2 Å². The van der Waals surface area contributed by atoms with Crippen molar-refractivity contribution < 1.29 is 19.2 Å². The molecule has 2 aromatic carbocycles. The number of amides is 1. The molecule has 10 heteroatoms. The van der Waals surface area contributed by atoms with Gasteiger partial charge in [-0.15, -0.1) is 0 Å². The summed E-state index contributed by atoms with van der Waals surface area (Å²) in [7, 11) is 0. The molecule has 0 bridgehead atoms. The van der Waals surface area contributed by atoms with Crippen molar-refractivity contribution in [3.63, 3.8) is 0 Å². The predicted octanol–water partition coefficient (Wildman–Crippen LogP) is 5.45. The van der Waals surface area contributed by atoms with Crippen molar-refractivity contribution in [2.45, 2.75) is 20.5 Å². The SMILES string of the molecule is CCOc1cc(/C=C2\SC(=S)N(CC)C2=O)cc(Cl)c1OCc1ccc([N+](=O)[O-])cc1. The van der Waals surface area contributed by atoms with Gasteiger partial charge in [-0.3, -0.25) is 19.8 Å². The molecule has 1 amide bonds. The largest absolute Gasteiger partial charge is 0.490 e. The number of nitro benzene ring substituents is 1. The lowest BCUT2D eigenvalue weighted by Gasteiger charge is -2.15. The third-order valence-corrected chi connectivity index (χ3v) is 6.01. The van der Waals surface area contributed by atoms with Crippen molar-refractivity contribution in [3.8, 4) is 11.5 Å². The van der Waals surface area contributed by atoms with Gasteiger partial charge in [0.25, 0.3) is 11.6 Å². The lowest BCUT2D eigenvalue weighted by molar-refractivity contribution is -0.384. The molecule has 1 fully saturated rings. The summed E-state index contributed by atoms with van der Waals surface area (Å²) in [4.78, 5) is 24.8. The van der Waals surface area contributed by atoms with Crippen LogP contribution < -0.4 is 9.47 Å². The minimum Gasteiger partial charge on any atom is -0.490 e. The van der Waals surface area contributed by atoms with E-state index in [4.69, 9.17) is 33.3 Å². The summed E-state index contributed by atoms with van der Waals surface area (Å²) < 4.78 is 12.1. The Balaban J connectivity index is 1.83. The number of carbonyl (C=O) groups is 1. The lowest BCUT2D eigenvalue weighted by atomic mass is 10.1. The second kappa shape index (κ2) is 10.1. The Kier molecular flexibility index (Phi) is 7.53. The van der Waals surface area contributed by atoms with Crippen LogP contribution in [0.4, 0.5) is 5.69 Å². The number of carbonyl (C=O) groups excluding carboxylic acids is 1. The molecule has 7 nitrogen and oxygen atoms in total. The zero-order valence-electron chi connectivity index (χ0n) is 16.8. The summed E-state index contributed by atoms with van der Waals surface area (Å²) in [5, 5.41) is 11.1. The first-order valence-electron chi connectivity index (χ1n) is 9.41. The van der Waals surface area contributed by atoms with Crippen molar-refractivity contribution in [3.05, 3.63) is 67.6 Å². The molecular formula is C21H19ClN2O5S2. The van der Waals surface area contributed by atoms with E-state index in [9.17, 15) is 14.9 Å². The molecule has 0 unspecified atom stereocenters. The number of nitrogens with zero attached hydrogens (tertiary/aromatic N) is 2. The second-order valence-electron chi connectivity index (χ2n) is 6.40. The summed E-state index contributed by atoms with van der Waals surface area (Å²) in [5.41, 5.74) is 1.44. The van der Waals surface area contributed by atoms with Crippen molar-refractivity contribution in [1.82, 2.24) is 4.90 Å². The smallest absolute Gasteiger partial charge is 0.269 e. The zero-order valence-corrected chi connectivity index (χ0v) is 19.2. The van der Waals surface area contributed by atoms with Gasteiger partial charge in [-0.05, 0) is 55.3 Å². The van der Waals surface area contributed by atoms with Gasteiger partial charge in [0.1, 0.15) is 10.9 Å². The summed E-state index contributed by atoms with van der Waals surface area (Å²) in [6, 6.07) is 9.51. The van der Waals surface area contributed by atoms with Crippen LogP contribution in [0.2, 0.25) is 5.02 Å². The molecule has 1 saturated heterocycles. The molecular weight excluding hydrogens is 460 g/mol. The van der Waals surface area contributed by atoms with Gasteiger partial charge in [0.05, 0.1) is 21.5 Å². The van der Waals surface area contributed by atoms with Crippen molar-refractivity contribution in [1.29, 1.82) is 0 Å². The van der Waals surface area contributed by atoms with Crippen molar-refractivity contribution >= 4 is 57.6 Å². The maximum absolute atomic E-state index is 12.5. The topological polar surface area (TPSA) is 81.9 Å². The zero-order chi connectivity index (χ0) is 22.5. The van der Waals surface area contributed by atoms with Gasteiger partial charge in [-0.2, -0.15) is 0 Å². The van der Waals surface area contributed by atoms with Crippen LogP contribution >= 0.6 is 35.6 Å². The van der Waals surface area contributed by atoms with Crippen LogP contribution in [0.1, 0.15) is 25.0 Å². The Bertz CT molecular complexity index is 1060. The van der Waals surface area contributed by atoms with E-state index < -0.39 is 4.92 Å². The Morgan fingerprint density at radius 2 is 1.94 bits per heavy atom. The van der Waals surface area contributed by atoms with Gasteiger partial charge in [-0.25, -0.2) is 0 Å². The number of rotatable bonds is 8. The minimum absolute atomic E-state index is 0.00891. The van der Waals surface area contributed by atoms with Gasteiger partial charge in [0, 0.05) is 18.7 Å². The second-order valence-corrected chi connectivity index (χ2v) is 8.48. The number of non-ortho nitro benzene ring substituents is 1. The quantitative estimate of drug-likeness (QED) is 0.216. The molecule has 0 atom stereocenters. The lowest BCUT2D eigenvalue weighted by Crippen LogP contribution is -2.27. The number of nitro groups is 1. The molecule has 0 radical (unpaired) electrons. The third-order valence-electron chi connectivity index (χ3n) is 4.35. The van der Waals surface area contributed by atoms with E-state index in [1.807, 2.05) is 13.8 Å². The highest BCUT2D eigenvalue weighted by molar-refractivity contribution is 8.26. The molecule has 1 aliphatic rings. The summed E-state index contributed by atoms with van der Waals surface area (Å²) in [6.45, 7) is 4.78. The fourth-order valence-electron chi connectivity index (χ4n) is 2.87. The molecule has 162 valence electrons. The van der Waals surface area contributed by atoms with Gasteiger partial charge < -0.3 is 9.47 Å². The molecule has 0 aromatic heterocycles. The molecule has 31 heavy (non-hydrogen) atoms. The predicted molar refractivity (Wildman–Crippen MR) is 126 cm³/mol. The number of halogens is 1. The number of hydrogen-bond donors (Lipinski definition) is 0. The van der Waals surface area contributed by atoms with E-state index in [2.05, 4.69) is 0 Å². The normalized spacial score (nSPS) is 14.9. The minimum atomic E-state index is -0.457. The van der Waals surface area contributed by atoms with Gasteiger partial charge in [-0.1, -0.05) is 35.6 Å². The van der Waals surface area contributed by atoms with E-state index in [0.717, 1.165) is 5.56 Å². The first kappa shape index (κ1) is 23.1. The molecule has 2 aromatic rings. The van der Waals surface area contributed by atoms with Crippen molar-refractivity contribution in [2.75, 3.05) is 13.2 Å². The molecule has 0 saturated carbocycles. The maximum Gasteiger partial charge on any atom is 0.269 e. The highest BCUT2D eigenvalue weighted by Gasteiger charge is 2.30. The highest BCUT2D eigenvalue weighted by Crippen LogP contribution is 2.39. The molecule has 0 aliphatic carbocycles. The monoisotopic (exact) mass is 478 g/mol.